The Morgan fingerprint density at radius 3 is 2.77 bits per heavy atom. The van der Waals surface area contributed by atoms with Gasteiger partial charge in [0, 0.05) is 18.2 Å². The number of aromatic nitrogens is 2. The topological polar surface area (TPSA) is 53.1 Å². The van der Waals surface area contributed by atoms with Gasteiger partial charge in [0.15, 0.2) is 0 Å². The van der Waals surface area contributed by atoms with E-state index in [9.17, 15) is 0 Å². The molecule has 0 spiro atoms. The van der Waals surface area contributed by atoms with Crippen LogP contribution in [0.25, 0.3) is 0 Å². The van der Waals surface area contributed by atoms with Crippen LogP contribution in [0, 0.1) is 6.92 Å². The molecule has 1 saturated carbocycles. The number of aryl methyl sites for hydroxylation is 2. The van der Waals surface area contributed by atoms with Gasteiger partial charge in [0.1, 0.15) is 0 Å². The highest BCUT2D eigenvalue weighted by Crippen LogP contribution is 2.47. The molecule has 1 aliphatic rings. The first-order valence-electron chi connectivity index (χ1n) is 4.51. The summed E-state index contributed by atoms with van der Waals surface area (Å²) in [5.74, 6) is 5.10. The van der Waals surface area contributed by atoms with E-state index < -0.39 is 0 Å². The molecule has 4 heteroatoms. The summed E-state index contributed by atoms with van der Waals surface area (Å²) in [6.07, 6.45) is 2.28. The first-order chi connectivity index (χ1) is 6.18. The molecule has 0 amide bonds. The average molecular weight is 181 g/mol. The Labute approximate surface area is 77.6 Å². The molecule has 4 nitrogen and oxygen atoms in total. The number of hydrogen-bond acceptors (Lipinski definition) is 3. The van der Waals surface area contributed by atoms with Gasteiger partial charge in [-0.05, 0) is 25.8 Å². The Morgan fingerprint density at radius 2 is 2.38 bits per heavy atom. The molecule has 0 bridgehead atoms. The second-order valence-corrected chi connectivity index (χ2v) is 3.89. The summed E-state index contributed by atoms with van der Waals surface area (Å²) in [5, 5.41) is 4.44. The van der Waals surface area contributed by atoms with Gasteiger partial charge in [0.05, 0.1) is 12.3 Å². The largest absolute Gasteiger partial charge is 0.304 e. The fourth-order valence-electron chi connectivity index (χ4n) is 1.60. The third-order valence-electron chi connectivity index (χ3n) is 2.87. The van der Waals surface area contributed by atoms with Gasteiger partial charge in [-0.25, -0.2) is 5.90 Å². The van der Waals surface area contributed by atoms with Crippen molar-refractivity contribution in [1.29, 1.82) is 0 Å². The Morgan fingerprint density at radius 1 is 1.69 bits per heavy atom. The van der Waals surface area contributed by atoms with Gasteiger partial charge in [-0.3, -0.25) is 4.68 Å². The van der Waals surface area contributed by atoms with Crippen molar-refractivity contribution >= 4 is 0 Å². The SMILES string of the molecule is Cc1cc(C2(CON)CC2)nn1C. The van der Waals surface area contributed by atoms with Crippen LogP contribution in [0.4, 0.5) is 0 Å². The van der Waals surface area contributed by atoms with Crippen molar-refractivity contribution in [3.63, 3.8) is 0 Å². The molecular weight excluding hydrogens is 166 g/mol. The Balaban J connectivity index is 2.25. The molecule has 0 aliphatic heterocycles. The van der Waals surface area contributed by atoms with Crippen molar-refractivity contribution in [3.8, 4) is 0 Å². The van der Waals surface area contributed by atoms with Crippen molar-refractivity contribution < 1.29 is 4.84 Å². The van der Waals surface area contributed by atoms with E-state index >= 15 is 0 Å². The van der Waals surface area contributed by atoms with Gasteiger partial charge in [-0.1, -0.05) is 0 Å². The summed E-state index contributed by atoms with van der Waals surface area (Å²) in [6.45, 7) is 2.64. The molecule has 2 N–H and O–H groups in total. The zero-order chi connectivity index (χ0) is 9.47. The first kappa shape index (κ1) is 8.72. The summed E-state index contributed by atoms with van der Waals surface area (Å²) in [7, 11) is 1.96. The van der Waals surface area contributed by atoms with E-state index in [1.54, 1.807) is 0 Å². The van der Waals surface area contributed by atoms with Crippen LogP contribution in [0.5, 0.6) is 0 Å². The molecule has 0 unspecified atom stereocenters. The van der Waals surface area contributed by atoms with Gasteiger partial charge >= 0.3 is 0 Å². The van der Waals surface area contributed by atoms with Crippen molar-refractivity contribution in [1.82, 2.24) is 9.78 Å². The summed E-state index contributed by atoms with van der Waals surface area (Å²) >= 11 is 0. The minimum atomic E-state index is 0.126. The van der Waals surface area contributed by atoms with E-state index in [1.807, 2.05) is 11.7 Å². The number of hydrogen-bond donors (Lipinski definition) is 1. The zero-order valence-electron chi connectivity index (χ0n) is 8.08. The molecule has 0 saturated heterocycles. The molecule has 1 heterocycles. The van der Waals surface area contributed by atoms with Crippen LogP contribution in [0.15, 0.2) is 6.07 Å². The summed E-state index contributed by atoms with van der Waals surface area (Å²) in [4.78, 5) is 4.72. The maximum atomic E-state index is 5.10. The summed E-state index contributed by atoms with van der Waals surface area (Å²) in [6, 6.07) is 2.12. The standard InChI is InChI=1S/C9H15N3O/c1-7-5-8(11-12(7)2)9(3-4-9)6-13-10/h5H,3-4,6,10H2,1-2H3. The van der Waals surface area contributed by atoms with Crippen molar-refractivity contribution in [3.05, 3.63) is 17.5 Å². The van der Waals surface area contributed by atoms with E-state index in [2.05, 4.69) is 18.1 Å². The predicted molar refractivity (Wildman–Crippen MR) is 49.0 cm³/mol. The highest BCUT2D eigenvalue weighted by molar-refractivity contribution is 5.26. The van der Waals surface area contributed by atoms with Gasteiger partial charge in [-0.15, -0.1) is 0 Å². The lowest BCUT2D eigenvalue weighted by molar-refractivity contribution is 0.115. The number of nitrogens with zero attached hydrogens (tertiary/aromatic N) is 2. The third-order valence-corrected chi connectivity index (χ3v) is 2.87. The van der Waals surface area contributed by atoms with E-state index in [0.717, 1.165) is 18.5 Å². The number of rotatable bonds is 3. The van der Waals surface area contributed by atoms with E-state index in [4.69, 9.17) is 10.7 Å². The van der Waals surface area contributed by atoms with Crippen molar-refractivity contribution in [2.45, 2.75) is 25.2 Å². The molecule has 1 aliphatic carbocycles. The highest BCUT2D eigenvalue weighted by Gasteiger charge is 2.46. The lowest BCUT2D eigenvalue weighted by Gasteiger charge is -2.08. The van der Waals surface area contributed by atoms with Gasteiger partial charge < -0.3 is 4.84 Å². The quantitative estimate of drug-likeness (QED) is 0.696. The Hall–Kier alpha value is -0.870. The zero-order valence-corrected chi connectivity index (χ0v) is 8.08. The fraction of sp³-hybridized carbons (Fsp3) is 0.667. The fourth-order valence-corrected chi connectivity index (χ4v) is 1.60. The lowest BCUT2D eigenvalue weighted by atomic mass is 10.0. The molecule has 13 heavy (non-hydrogen) atoms. The molecule has 0 atom stereocenters. The lowest BCUT2D eigenvalue weighted by Crippen LogP contribution is -2.18. The monoisotopic (exact) mass is 181 g/mol. The van der Waals surface area contributed by atoms with Gasteiger partial charge in [-0.2, -0.15) is 5.10 Å². The van der Waals surface area contributed by atoms with Crippen LogP contribution in [-0.2, 0) is 17.3 Å². The molecule has 1 aromatic rings. The molecule has 72 valence electrons. The maximum absolute atomic E-state index is 5.10. The van der Waals surface area contributed by atoms with Crippen molar-refractivity contribution in [2.75, 3.05) is 6.61 Å². The molecular formula is C9H15N3O. The normalized spacial score (nSPS) is 19.0. The van der Waals surface area contributed by atoms with Crippen molar-refractivity contribution in [2.24, 2.45) is 12.9 Å². The Bertz CT molecular complexity index is 295. The molecule has 1 aromatic heterocycles. The Kier molecular flexibility index (Phi) is 1.89. The predicted octanol–water partition coefficient (Wildman–Crippen LogP) is 0.650. The van der Waals surface area contributed by atoms with Crippen LogP contribution in [-0.4, -0.2) is 16.4 Å². The molecule has 0 radical (unpaired) electrons. The highest BCUT2D eigenvalue weighted by atomic mass is 16.6. The van der Waals surface area contributed by atoms with E-state index in [1.165, 1.54) is 5.69 Å². The average Bonchev–Trinajstić information content (AvgIpc) is 2.78. The third kappa shape index (κ3) is 1.36. The van der Waals surface area contributed by atoms with Crippen LogP contribution in [0.1, 0.15) is 24.2 Å². The van der Waals surface area contributed by atoms with Crippen LogP contribution in [0.3, 0.4) is 0 Å². The minimum Gasteiger partial charge on any atom is -0.304 e. The number of nitrogens with two attached hydrogens (primary N) is 1. The molecule has 1 fully saturated rings. The van der Waals surface area contributed by atoms with Crippen LogP contribution >= 0.6 is 0 Å². The van der Waals surface area contributed by atoms with Crippen LogP contribution in [0.2, 0.25) is 0 Å². The first-order valence-corrected chi connectivity index (χ1v) is 4.51. The maximum Gasteiger partial charge on any atom is 0.0791 e. The summed E-state index contributed by atoms with van der Waals surface area (Å²) < 4.78 is 1.89. The van der Waals surface area contributed by atoms with Crippen LogP contribution < -0.4 is 5.90 Å². The second kappa shape index (κ2) is 2.82. The minimum absolute atomic E-state index is 0.126. The van der Waals surface area contributed by atoms with Gasteiger partial charge in [0.2, 0.25) is 0 Å². The second-order valence-electron chi connectivity index (χ2n) is 3.89. The summed E-state index contributed by atoms with van der Waals surface area (Å²) in [5.41, 5.74) is 2.43. The van der Waals surface area contributed by atoms with Gasteiger partial charge in [0.25, 0.3) is 0 Å². The smallest absolute Gasteiger partial charge is 0.0791 e. The van der Waals surface area contributed by atoms with E-state index in [0.29, 0.717) is 6.61 Å². The van der Waals surface area contributed by atoms with E-state index in [-0.39, 0.29) is 5.41 Å². The molecule has 2 rings (SSSR count). The molecule has 0 aromatic carbocycles.